The highest BCUT2D eigenvalue weighted by Crippen LogP contribution is 2.19. The number of carbonyl (C=O) groups is 2. The van der Waals surface area contributed by atoms with Gasteiger partial charge in [0.15, 0.2) is 0 Å². The first-order chi connectivity index (χ1) is 17.0. The van der Waals surface area contributed by atoms with Gasteiger partial charge in [-0.25, -0.2) is 8.78 Å². The van der Waals surface area contributed by atoms with E-state index in [2.05, 4.69) is 5.32 Å². The quantitative estimate of drug-likeness (QED) is 0.367. The van der Waals surface area contributed by atoms with E-state index in [0.717, 1.165) is 23.1 Å². The largest absolute Gasteiger partial charge is 0.354 e. The summed E-state index contributed by atoms with van der Waals surface area (Å²) in [5.74, 6) is -0.360. The Hall–Kier alpha value is -3.19. The van der Waals surface area contributed by atoms with Gasteiger partial charge in [0.05, 0.1) is 5.75 Å². The molecule has 0 aromatic heterocycles. The average molecular weight is 497 g/mol. The first-order valence-corrected chi connectivity index (χ1v) is 12.8. The van der Waals surface area contributed by atoms with E-state index in [1.807, 2.05) is 37.3 Å². The standard InChI is InChI=1S/C28H30F2N2O2S/c1-2-16-31-28(34)26(17-21-6-4-3-5-7-21)32(18-22-8-12-24(29)13-9-22)27(33)20-35-19-23-10-14-25(30)15-11-23/h3-15,26H,2,16-20H2,1H3,(H,31,34)/t26-/m1/s1. The summed E-state index contributed by atoms with van der Waals surface area (Å²) in [6.45, 7) is 2.68. The molecule has 3 aromatic carbocycles. The zero-order valence-corrected chi connectivity index (χ0v) is 20.6. The third-order valence-corrected chi connectivity index (χ3v) is 6.48. The Balaban J connectivity index is 1.81. The third-order valence-electron chi connectivity index (χ3n) is 5.49. The number of hydrogen-bond donors (Lipinski definition) is 1. The minimum atomic E-state index is -0.715. The first-order valence-electron chi connectivity index (χ1n) is 11.6. The number of rotatable bonds is 12. The molecule has 3 aromatic rings. The Morgan fingerprint density at radius 1 is 0.857 bits per heavy atom. The molecule has 0 aliphatic rings. The van der Waals surface area contributed by atoms with E-state index in [9.17, 15) is 18.4 Å². The van der Waals surface area contributed by atoms with Gasteiger partial charge in [-0.05, 0) is 47.4 Å². The van der Waals surface area contributed by atoms with E-state index in [0.29, 0.717) is 18.7 Å². The van der Waals surface area contributed by atoms with Crippen molar-refractivity contribution in [3.05, 3.63) is 107 Å². The molecule has 0 unspecified atom stereocenters. The molecular formula is C28H30F2N2O2S. The summed E-state index contributed by atoms with van der Waals surface area (Å²) in [7, 11) is 0. The molecule has 0 saturated heterocycles. The van der Waals surface area contributed by atoms with Crippen LogP contribution in [0.1, 0.15) is 30.0 Å². The fourth-order valence-electron chi connectivity index (χ4n) is 3.63. The number of amides is 2. The molecule has 0 saturated carbocycles. The molecule has 4 nitrogen and oxygen atoms in total. The summed E-state index contributed by atoms with van der Waals surface area (Å²) in [5.41, 5.74) is 2.60. The number of carbonyl (C=O) groups excluding carboxylic acids is 2. The van der Waals surface area contributed by atoms with Gasteiger partial charge >= 0.3 is 0 Å². The normalized spacial score (nSPS) is 11.6. The second-order valence-corrected chi connectivity index (χ2v) is 9.25. The Morgan fingerprint density at radius 3 is 2.06 bits per heavy atom. The molecule has 0 aliphatic carbocycles. The molecule has 0 spiro atoms. The van der Waals surface area contributed by atoms with Gasteiger partial charge in [0.1, 0.15) is 17.7 Å². The topological polar surface area (TPSA) is 49.4 Å². The van der Waals surface area contributed by atoms with Crippen LogP contribution in [0.5, 0.6) is 0 Å². The van der Waals surface area contributed by atoms with Crippen LogP contribution in [0.15, 0.2) is 78.9 Å². The van der Waals surface area contributed by atoms with Gasteiger partial charge < -0.3 is 10.2 Å². The second-order valence-electron chi connectivity index (χ2n) is 8.26. The number of halogens is 2. The molecule has 7 heteroatoms. The highest BCUT2D eigenvalue weighted by molar-refractivity contribution is 7.99. The fraction of sp³-hybridized carbons (Fsp3) is 0.286. The van der Waals surface area contributed by atoms with E-state index in [-0.39, 0.29) is 35.7 Å². The molecule has 184 valence electrons. The lowest BCUT2D eigenvalue weighted by molar-refractivity contribution is -0.139. The number of thioether (sulfide) groups is 1. The van der Waals surface area contributed by atoms with Crippen LogP contribution >= 0.6 is 11.8 Å². The van der Waals surface area contributed by atoms with Crippen molar-refractivity contribution in [2.75, 3.05) is 12.3 Å². The molecule has 1 N–H and O–H groups in total. The summed E-state index contributed by atoms with van der Waals surface area (Å²) in [6, 6.07) is 21.0. The summed E-state index contributed by atoms with van der Waals surface area (Å²) in [5, 5.41) is 2.94. The van der Waals surface area contributed by atoms with Crippen molar-refractivity contribution in [3.63, 3.8) is 0 Å². The Morgan fingerprint density at radius 2 is 1.46 bits per heavy atom. The fourth-order valence-corrected chi connectivity index (χ4v) is 4.50. The maximum atomic E-state index is 13.5. The average Bonchev–Trinajstić information content (AvgIpc) is 2.87. The van der Waals surface area contributed by atoms with Crippen LogP contribution in [0.4, 0.5) is 8.78 Å². The lowest BCUT2D eigenvalue weighted by atomic mass is 10.0. The highest BCUT2D eigenvalue weighted by Gasteiger charge is 2.30. The molecule has 2 amide bonds. The second kappa shape index (κ2) is 13.6. The van der Waals surface area contributed by atoms with Crippen LogP contribution in [0.2, 0.25) is 0 Å². The zero-order chi connectivity index (χ0) is 25.0. The molecule has 0 fully saturated rings. The summed E-state index contributed by atoms with van der Waals surface area (Å²) in [4.78, 5) is 28.3. The molecular weight excluding hydrogens is 466 g/mol. The van der Waals surface area contributed by atoms with E-state index in [1.54, 1.807) is 29.2 Å². The van der Waals surface area contributed by atoms with Gasteiger partial charge in [0, 0.05) is 25.3 Å². The lowest BCUT2D eigenvalue weighted by Crippen LogP contribution is -2.51. The molecule has 0 radical (unpaired) electrons. The molecule has 3 rings (SSSR count). The first kappa shape index (κ1) is 26.4. The predicted octanol–water partition coefficient (Wildman–Crippen LogP) is 5.36. The minimum Gasteiger partial charge on any atom is -0.354 e. The smallest absolute Gasteiger partial charge is 0.243 e. The maximum absolute atomic E-state index is 13.5. The van der Waals surface area contributed by atoms with Crippen LogP contribution in [0, 0.1) is 11.6 Å². The molecule has 0 aliphatic heterocycles. The number of hydrogen-bond acceptors (Lipinski definition) is 3. The van der Waals surface area contributed by atoms with Gasteiger partial charge in [-0.1, -0.05) is 61.5 Å². The molecule has 0 heterocycles. The number of nitrogens with zero attached hydrogens (tertiary/aromatic N) is 1. The van der Waals surface area contributed by atoms with Crippen LogP contribution in [-0.4, -0.2) is 35.1 Å². The van der Waals surface area contributed by atoms with E-state index in [4.69, 9.17) is 0 Å². The van der Waals surface area contributed by atoms with E-state index < -0.39 is 6.04 Å². The van der Waals surface area contributed by atoms with Gasteiger partial charge in [-0.2, -0.15) is 0 Å². The lowest BCUT2D eigenvalue weighted by Gasteiger charge is -2.31. The number of nitrogens with one attached hydrogen (secondary N) is 1. The molecule has 1 atom stereocenters. The van der Waals surface area contributed by atoms with Crippen LogP contribution in [0.25, 0.3) is 0 Å². The van der Waals surface area contributed by atoms with Crippen molar-refractivity contribution in [1.29, 1.82) is 0 Å². The zero-order valence-electron chi connectivity index (χ0n) is 19.8. The Bertz CT molecular complexity index is 1080. The molecule has 35 heavy (non-hydrogen) atoms. The predicted molar refractivity (Wildman–Crippen MR) is 137 cm³/mol. The van der Waals surface area contributed by atoms with Crippen molar-refractivity contribution in [2.45, 2.75) is 38.1 Å². The maximum Gasteiger partial charge on any atom is 0.243 e. The van der Waals surface area contributed by atoms with Crippen LogP contribution in [-0.2, 0) is 28.3 Å². The van der Waals surface area contributed by atoms with Gasteiger partial charge in [0.2, 0.25) is 11.8 Å². The summed E-state index contributed by atoms with van der Waals surface area (Å²) in [6.07, 6.45) is 1.15. The van der Waals surface area contributed by atoms with E-state index in [1.165, 1.54) is 36.0 Å². The summed E-state index contributed by atoms with van der Waals surface area (Å²) < 4.78 is 26.7. The third kappa shape index (κ3) is 8.51. The van der Waals surface area contributed by atoms with Crippen LogP contribution < -0.4 is 5.32 Å². The van der Waals surface area contributed by atoms with E-state index >= 15 is 0 Å². The van der Waals surface area contributed by atoms with Crippen molar-refractivity contribution in [2.24, 2.45) is 0 Å². The van der Waals surface area contributed by atoms with Crippen molar-refractivity contribution in [1.82, 2.24) is 10.2 Å². The summed E-state index contributed by atoms with van der Waals surface area (Å²) >= 11 is 1.41. The van der Waals surface area contributed by atoms with Crippen molar-refractivity contribution in [3.8, 4) is 0 Å². The van der Waals surface area contributed by atoms with Crippen molar-refractivity contribution >= 4 is 23.6 Å². The monoisotopic (exact) mass is 496 g/mol. The SMILES string of the molecule is CCCNC(=O)[C@@H](Cc1ccccc1)N(Cc1ccc(F)cc1)C(=O)CSCc1ccc(F)cc1. The Kier molecular flexibility index (Phi) is 10.3. The van der Waals surface area contributed by atoms with Crippen molar-refractivity contribution < 1.29 is 18.4 Å². The van der Waals surface area contributed by atoms with Gasteiger partial charge in [0.25, 0.3) is 0 Å². The van der Waals surface area contributed by atoms with Gasteiger partial charge in [-0.15, -0.1) is 11.8 Å². The Labute approximate surface area is 209 Å². The van der Waals surface area contributed by atoms with Crippen LogP contribution in [0.3, 0.4) is 0 Å². The van der Waals surface area contributed by atoms with Gasteiger partial charge in [-0.3, -0.25) is 9.59 Å². The highest BCUT2D eigenvalue weighted by atomic mass is 32.2. The molecule has 0 bridgehead atoms. The minimum absolute atomic E-state index is 0.158. The number of benzene rings is 3.